The first kappa shape index (κ1) is 49.3. The fourth-order valence-electron chi connectivity index (χ4n) is 7.41. The number of carbonyl (C=O) groups is 2. The predicted molar refractivity (Wildman–Crippen MR) is 218 cm³/mol. The number of aliphatic hydroxyl groups excluding tert-OH is 2. The van der Waals surface area contributed by atoms with E-state index in [1.807, 2.05) is 32.2 Å². The van der Waals surface area contributed by atoms with Crippen molar-refractivity contribution in [1.29, 1.82) is 0 Å². The SMILES string of the molecule is C/C(=C\c1csc(C)n1)C(N)C[C@@H]1O[C@]1(C)CCC[C@H](C)[C@H](O)[C@@H](C)C(=O)C(C)(C)[C@@H](O)CC(=O)[O-].CCCC[N+](CCCC)(CCCC)CCCC. The molecule has 0 amide bonds. The Morgan fingerprint density at radius 1 is 1.02 bits per heavy atom. The average Bonchev–Trinajstić information content (AvgIpc) is 3.55. The van der Waals surface area contributed by atoms with Crippen LogP contribution in [-0.4, -0.2) is 87.6 Å². The van der Waals surface area contributed by atoms with Gasteiger partial charge in [0.15, 0.2) is 0 Å². The van der Waals surface area contributed by atoms with Crippen molar-refractivity contribution in [3.63, 3.8) is 0 Å². The van der Waals surface area contributed by atoms with Crippen LogP contribution in [0.25, 0.3) is 6.08 Å². The number of nitrogens with two attached hydrogens (primary N) is 1. The summed E-state index contributed by atoms with van der Waals surface area (Å²) in [4.78, 5) is 28.2. The lowest BCUT2D eigenvalue weighted by Gasteiger charge is -2.39. The first-order chi connectivity index (χ1) is 24.8. The highest BCUT2D eigenvalue weighted by Gasteiger charge is 2.51. The van der Waals surface area contributed by atoms with Crippen LogP contribution in [0.5, 0.6) is 0 Å². The van der Waals surface area contributed by atoms with E-state index < -0.39 is 35.9 Å². The van der Waals surface area contributed by atoms with Crippen LogP contribution < -0.4 is 10.8 Å². The van der Waals surface area contributed by atoms with E-state index in [0.29, 0.717) is 6.42 Å². The smallest absolute Gasteiger partial charge is 0.146 e. The molecule has 1 aromatic rings. The number of thiazole rings is 1. The summed E-state index contributed by atoms with van der Waals surface area (Å²) in [7, 11) is 0. The molecule has 1 aromatic heterocycles. The number of ether oxygens (including phenoxy) is 1. The second-order valence-corrected chi connectivity index (χ2v) is 18.0. The van der Waals surface area contributed by atoms with Crippen LogP contribution in [0.3, 0.4) is 0 Å². The Morgan fingerprint density at radius 2 is 1.53 bits per heavy atom. The molecule has 0 spiro atoms. The van der Waals surface area contributed by atoms with Gasteiger partial charge in [0, 0.05) is 35.1 Å². The number of nitrogens with zero attached hydrogens (tertiary/aromatic N) is 2. The number of carbonyl (C=O) groups excluding carboxylic acids is 2. The third-order valence-corrected chi connectivity index (χ3v) is 12.5. The quantitative estimate of drug-likeness (QED) is 0.0612. The predicted octanol–water partition coefficient (Wildman–Crippen LogP) is 7.63. The van der Waals surface area contributed by atoms with Crippen molar-refractivity contribution in [2.45, 2.75) is 190 Å². The number of epoxide rings is 1. The number of rotatable bonds is 27. The van der Waals surface area contributed by atoms with Crippen LogP contribution >= 0.6 is 11.3 Å². The lowest BCUT2D eigenvalue weighted by molar-refractivity contribution is -0.929. The Morgan fingerprint density at radius 3 is 1.96 bits per heavy atom. The summed E-state index contributed by atoms with van der Waals surface area (Å²) in [5, 5.41) is 34.8. The van der Waals surface area contributed by atoms with Crippen LogP contribution in [-0.2, 0) is 14.3 Å². The molecule has 0 radical (unpaired) electrons. The molecule has 4 N–H and O–H groups in total. The first-order valence-corrected chi connectivity index (χ1v) is 21.7. The average molecular weight is 766 g/mol. The fraction of sp³-hybridized carbons (Fsp3) is 0.837. The van der Waals surface area contributed by atoms with Gasteiger partial charge in [-0.25, -0.2) is 4.98 Å². The van der Waals surface area contributed by atoms with Crippen molar-refractivity contribution < 1.29 is 34.1 Å². The summed E-state index contributed by atoms with van der Waals surface area (Å²) >= 11 is 1.61. The Labute approximate surface area is 327 Å². The van der Waals surface area contributed by atoms with Gasteiger partial charge in [-0.15, -0.1) is 11.3 Å². The highest BCUT2D eigenvalue weighted by atomic mass is 32.1. The first-order valence-electron chi connectivity index (χ1n) is 20.8. The van der Waals surface area contributed by atoms with E-state index in [1.54, 1.807) is 18.3 Å². The molecule has 1 aliphatic rings. The maximum Gasteiger partial charge on any atom is 0.146 e. The van der Waals surface area contributed by atoms with Gasteiger partial charge in [0.05, 0.1) is 60.8 Å². The number of hydrogen-bond donors (Lipinski definition) is 3. The second-order valence-electron chi connectivity index (χ2n) is 16.9. The molecule has 1 aliphatic heterocycles. The van der Waals surface area contributed by atoms with Gasteiger partial charge < -0.3 is 35.1 Å². The van der Waals surface area contributed by atoms with Gasteiger partial charge in [0.25, 0.3) is 0 Å². The molecule has 53 heavy (non-hydrogen) atoms. The van der Waals surface area contributed by atoms with Crippen molar-refractivity contribution in [2.24, 2.45) is 23.0 Å². The molecule has 308 valence electrons. The van der Waals surface area contributed by atoms with Gasteiger partial charge in [-0.3, -0.25) is 4.79 Å². The van der Waals surface area contributed by atoms with Crippen LogP contribution in [0.2, 0.25) is 0 Å². The number of carboxylic acids is 1. The van der Waals surface area contributed by atoms with E-state index in [9.17, 15) is 24.9 Å². The molecular weight excluding hydrogens is 687 g/mol. The van der Waals surface area contributed by atoms with Crippen LogP contribution in [0.4, 0.5) is 0 Å². The number of hydrogen-bond acceptors (Lipinski definition) is 9. The van der Waals surface area contributed by atoms with Gasteiger partial charge in [0.2, 0.25) is 0 Å². The zero-order valence-corrected chi connectivity index (χ0v) is 36.4. The molecule has 0 saturated carbocycles. The molecule has 1 fully saturated rings. The largest absolute Gasteiger partial charge is 0.550 e. The van der Waals surface area contributed by atoms with Crippen molar-refractivity contribution in [1.82, 2.24) is 4.98 Å². The number of ketones is 1. The molecule has 1 saturated heterocycles. The summed E-state index contributed by atoms with van der Waals surface area (Å²) in [5.74, 6) is -2.66. The van der Waals surface area contributed by atoms with Crippen molar-refractivity contribution in [3.05, 3.63) is 21.7 Å². The molecule has 10 heteroatoms. The maximum atomic E-state index is 12.9. The third kappa shape index (κ3) is 16.9. The maximum absolute atomic E-state index is 12.9. The van der Waals surface area contributed by atoms with Gasteiger partial charge >= 0.3 is 0 Å². The van der Waals surface area contributed by atoms with Gasteiger partial charge in [-0.05, 0) is 77.7 Å². The Hall–Kier alpha value is -1.69. The number of Topliss-reactive ketones (excluding diaryl/α,β-unsaturated/α-hetero) is 1. The minimum atomic E-state index is -1.42. The monoisotopic (exact) mass is 766 g/mol. The molecule has 7 atom stereocenters. The molecule has 2 heterocycles. The molecule has 0 bridgehead atoms. The minimum Gasteiger partial charge on any atom is -0.550 e. The Kier molecular flexibility index (Phi) is 22.4. The Bertz CT molecular complexity index is 1200. The molecule has 1 unspecified atom stereocenters. The van der Waals surface area contributed by atoms with E-state index in [4.69, 9.17) is 10.5 Å². The number of aliphatic hydroxyl groups is 2. The van der Waals surface area contributed by atoms with Crippen LogP contribution in [0, 0.1) is 24.2 Å². The second kappa shape index (κ2) is 24.1. The highest BCUT2D eigenvalue weighted by Crippen LogP contribution is 2.44. The normalized spacial score (nSPS) is 20.6. The van der Waals surface area contributed by atoms with E-state index in [2.05, 4.69) is 39.6 Å². The zero-order valence-electron chi connectivity index (χ0n) is 35.5. The van der Waals surface area contributed by atoms with E-state index >= 15 is 0 Å². The minimum absolute atomic E-state index is 0.0831. The van der Waals surface area contributed by atoms with Gasteiger partial charge in [0.1, 0.15) is 5.78 Å². The van der Waals surface area contributed by atoms with Crippen molar-refractivity contribution in [2.75, 3.05) is 26.2 Å². The van der Waals surface area contributed by atoms with E-state index in [0.717, 1.165) is 35.5 Å². The molecule has 9 nitrogen and oxygen atoms in total. The topological polar surface area (TPSA) is 149 Å². The van der Waals surface area contributed by atoms with Gasteiger partial charge in [-0.2, -0.15) is 0 Å². The standard InChI is InChI=1S/C27H44N2O6S.C16H36N/c1-15(24(33)17(3)25(34)26(5,6)21(30)13-23(31)32)9-8-10-27(7)22(35-27)12-20(28)16(2)11-19-14-36-18(4)29-19;1-5-9-13-17(14-10-6-2,15-11-7-3)16-12-8-4/h11,14-15,17,20-22,24,30,33H,8-10,12-13,28H2,1-7H3,(H,31,32);5-16H2,1-4H3/q;+1/p-1/b16-11+;/t15-,17+,20?,21-,22-,24-,27+;/m0./s1. The van der Waals surface area contributed by atoms with Crippen LogP contribution in [0.15, 0.2) is 11.0 Å². The summed E-state index contributed by atoms with van der Waals surface area (Å²) in [5.41, 5.74) is 6.87. The van der Waals surface area contributed by atoms with Crippen molar-refractivity contribution >= 4 is 29.2 Å². The lowest BCUT2D eigenvalue weighted by Crippen LogP contribution is -2.50. The van der Waals surface area contributed by atoms with Crippen LogP contribution in [0.1, 0.15) is 163 Å². The molecule has 0 aliphatic carbocycles. The Balaban J connectivity index is 0.000000695. The molecule has 0 aromatic carbocycles. The number of aliphatic carboxylic acids is 1. The number of quaternary nitrogens is 1. The number of unbranched alkanes of at least 4 members (excludes halogenated alkanes) is 4. The molecule has 2 rings (SSSR count). The highest BCUT2D eigenvalue weighted by molar-refractivity contribution is 7.09. The van der Waals surface area contributed by atoms with Gasteiger partial charge in [-0.1, -0.05) is 93.1 Å². The van der Waals surface area contributed by atoms with E-state index in [-0.39, 0.29) is 29.4 Å². The fourth-order valence-corrected chi connectivity index (χ4v) is 7.98. The van der Waals surface area contributed by atoms with E-state index in [1.165, 1.54) is 95.9 Å². The summed E-state index contributed by atoms with van der Waals surface area (Å²) in [6, 6.07) is -0.109. The summed E-state index contributed by atoms with van der Waals surface area (Å²) < 4.78 is 7.41. The number of aryl methyl sites for hydroxylation is 1. The molecular formula is C43H79N3O6S. The number of aromatic nitrogens is 1. The van der Waals surface area contributed by atoms with Crippen molar-refractivity contribution in [3.8, 4) is 0 Å². The third-order valence-electron chi connectivity index (χ3n) is 11.7. The lowest BCUT2D eigenvalue weighted by atomic mass is 9.73. The summed E-state index contributed by atoms with van der Waals surface area (Å²) in [6.07, 6.45) is 13.4. The zero-order chi connectivity index (χ0) is 40.4. The number of carboxylic acid groups (broad SMARTS) is 1. The summed E-state index contributed by atoms with van der Waals surface area (Å²) in [6.45, 7) is 27.6.